The van der Waals surface area contributed by atoms with Crippen molar-refractivity contribution in [3.05, 3.63) is 65.7 Å². The molecule has 1 aliphatic heterocycles. The summed E-state index contributed by atoms with van der Waals surface area (Å²) in [5.74, 6) is 1.53. The van der Waals surface area contributed by atoms with Crippen molar-refractivity contribution in [1.29, 1.82) is 0 Å². The number of quaternary nitrogens is 1. The van der Waals surface area contributed by atoms with Gasteiger partial charge in [0.15, 0.2) is 0 Å². The third kappa shape index (κ3) is 4.86. The van der Waals surface area contributed by atoms with E-state index in [-0.39, 0.29) is 11.3 Å². The average molecular weight is 410 g/mol. The van der Waals surface area contributed by atoms with Gasteiger partial charge in [0.2, 0.25) is 5.91 Å². The Morgan fingerprint density at radius 1 is 1.13 bits per heavy atom. The first-order valence-corrected chi connectivity index (χ1v) is 11.1. The number of rotatable bonds is 7. The molecule has 1 fully saturated rings. The van der Waals surface area contributed by atoms with E-state index in [1.165, 1.54) is 5.56 Å². The Balaban J connectivity index is 1.81. The molecule has 0 spiro atoms. The van der Waals surface area contributed by atoms with E-state index < -0.39 is 0 Å². The summed E-state index contributed by atoms with van der Waals surface area (Å²) >= 11 is 0. The molecule has 2 aromatic carbocycles. The van der Waals surface area contributed by atoms with Gasteiger partial charge in [0, 0.05) is 37.8 Å². The van der Waals surface area contributed by atoms with E-state index >= 15 is 0 Å². The molecule has 162 valence electrons. The van der Waals surface area contributed by atoms with Crippen LogP contribution in [0.15, 0.2) is 54.6 Å². The van der Waals surface area contributed by atoms with Crippen molar-refractivity contribution in [3.63, 3.8) is 0 Å². The first-order chi connectivity index (χ1) is 14.4. The van der Waals surface area contributed by atoms with Crippen LogP contribution in [-0.4, -0.2) is 44.1 Å². The number of methoxy groups -OCH3 is 1. The summed E-state index contributed by atoms with van der Waals surface area (Å²) in [7, 11) is 3.98. The van der Waals surface area contributed by atoms with Gasteiger partial charge in [0.1, 0.15) is 5.75 Å². The fraction of sp³-hybridized carbons (Fsp3) is 0.500. The van der Waals surface area contributed by atoms with E-state index in [1.54, 1.807) is 18.9 Å². The van der Waals surface area contributed by atoms with Crippen molar-refractivity contribution < 1.29 is 14.4 Å². The number of carbonyl (C=O) groups is 1. The maximum Gasteiger partial charge on any atom is 0.219 e. The Kier molecular flexibility index (Phi) is 7.19. The number of benzene rings is 2. The Hall–Kier alpha value is -2.33. The zero-order chi connectivity index (χ0) is 21.7. The first-order valence-electron chi connectivity index (χ1n) is 11.1. The van der Waals surface area contributed by atoms with Crippen molar-refractivity contribution in [2.75, 3.05) is 27.2 Å². The molecule has 1 heterocycles. The molecule has 1 amide bonds. The summed E-state index contributed by atoms with van der Waals surface area (Å²) in [5, 5.41) is 0. The van der Waals surface area contributed by atoms with Crippen LogP contribution in [0.1, 0.15) is 44.7 Å². The molecule has 30 heavy (non-hydrogen) atoms. The largest absolute Gasteiger partial charge is 0.497 e. The number of carbonyl (C=O) groups excluding carboxylic acids is 1. The van der Waals surface area contributed by atoms with Crippen molar-refractivity contribution in [3.8, 4) is 5.75 Å². The van der Waals surface area contributed by atoms with E-state index in [1.807, 2.05) is 29.2 Å². The normalized spacial score (nSPS) is 26.2. The predicted octanol–water partition coefficient (Wildman–Crippen LogP) is 3.31. The fourth-order valence-electron chi connectivity index (χ4n) is 5.10. The number of nitrogens with one attached hydrogen (secondary N) is 1. The van der Waals surface area contributed by atoms with Crippen LogP contribution in [0.3, 0.4) is 0 Å². The summed E-state index contributed by atoms with van der Waals surface area (Å²) in [5.41, 5.74) is 2.66. The Morgan fingerprint density at radius 2 is 1.80 bits per heavy atom. The van der Waals surface area contributed by atoms with Crippen LogP contribution < -0.4 is 9.64 Å². The lowest BCUT2D eigenvalue weighted by atomic mass is 9.63. The summed E-state index contributed by atoms with van der Waals surface area (Å²) in [6.07, 6.45) is 2.14. The minimum Gasteiger partial charge on any atom is -0.497 e. The SMILES string of the molecule is COc1ccc(CN(CC[C@@]2(c3ccccc3)C[C@@H](C)[NH+](C)C[C@H]2C)C(C)=O)cc1. The van der Waals surface area contributed by atoms with Crippen molar-refractivity contribution in [2.45, 2.75) is 51.6 Å². The van der Waals surface area contributed by atoms with Crippen LogP contribution in [0.25, 0.3) is 0 Å². The molecule has 0 aromatic heterocycles. The summed E-state index contributed by atoms with van der Waals surface area (Å²) in [4.78, 5) is 16.1. The van der Waals surface area contributed by atoms with Gasteiger partial charge in [0.05, 0.1) is 26.7 Å². The Labute approximate surface area is 181 Å². The summed E-state index contributed by atoms with van der Waals surface area (Å²) in [6, 6.07) is 19.6. The lowest BCUT2D eigenvalue weighted by Crippen LogP contribution is -3.15. The van der Waals surface area contributed by atoms with Gasteiger partial charge in [-0.25, -0.2) is 0 Å². The second-order valence-corrected chi connectivity index (χ2v) is 9.12. The summed E-state index contributed by atoms with van der Waals surface area (Å²) < 4.78 is 5.26. The lowest BCUT2D eigenvalue weighted by molar-refractivity contribution is -0.915. The highest BCUT2D eigenvalue weighted by molar-refractivity contribution is 5.73. The van der Waals surface area contributed by atoms with Crippen molar-refractivity contribution >= 4 is 5.91 Å². The van der Waals surface area contributed by atoms with E-state index in [0.717, 1.165) is 37.2 Å². The van der Waals surface area contributed by atoms with Gasteiger partial charge >= 0.3 is 0 Å². The highest BCUT2D eigenvalue weighted by atomic mass is 16.5. The topological polar surface area (TPSA) is 34.0 Å². The molecule has 0 bridgehead atoms. The third-order valence-corrected chi connectivity index (χ3v) is 7.24. The zero-order valence-electron chi connectivity index (χ0n) is 19.2. The van der Waals surface area contributed by atoms with Crippen LogP contribution in [-0.2, 0) is 16.8 Å². The second kappa shape index (κ2) is 9.65. The second-order valence-electron chi connectivity index (χ2n) is 9.12. The molecule has 0 radical (unpaired) electrons. The third-order valence-electron chi connectivity index (χ3n) is 7.24. The minimum atomic E-state index is 0.105. The molecule has 4 heteroatoms. The van der Waals surface area contributed by atoms with E-state index in [2.05, 4.69) is 51.2 Å². The highest BCUT2D eigenvalue weighted by Gasteiger charge is 2.46. The Bertz CT molecular complexity index is 821. The highest BCUT2D eigenvalue weighted by Crippen LogP contribution is 2.41. The minimum absolute atomic E-state index is 0.105. The van der Waals surface area contributed by atoms with Gasteiger partial charge in [0.25, 0.3) is 0 Å². The van der Waals surface area contributed by atoms with Crippen LogP contribution in [0, 0.1) is 5.92 Å². The molecule has 2 aromatic rings. The average Bonchev–Trinajstić information content (AvgIpc) is 2.75. The zero-order valence-corrected chi connectivity index (χ0v) is 19.2. The lowest BCUT2D eigenvalue weighted by Gasteiger charge is -2.48. The predicted molar refractivity (Wildman–Crippen MR) is 122 cm³/mol. The number of likely N-dealkylation sites (tertiary alicyclic amines) is 1. The van der Waals surface area contributed by atoms with E-state index in [0.29, 0.717) is 18.5 Å². The maximum atomic E-state index is 12.5. The molecule has 0 aliphatic carbocycles. The van der Waals surface area contributed by atoms with Gasteiger partial charge < -0.3 is 14.5 Å². The fourth-order valence-corrected chi connectivity index (χ4v) is 5.10. The molecular formula is C26H37N2O2+. The number of hydrogen-bond donors (Lipinski definition) is 1. The van der Waals surface area contributed by atoms with Gasteiger partial charge in [-0.1, -0.05) is 49.4 Å². The molecule has 1 aliphatic rings. The first kappa shape index (κ1) is 22.4. The number of nitrogens with zero attached hydrogens (tertiary/aromatic N) is 1. The number of ether oxygens (including phenoxy) is 1. The molecule has 4 atom stereocenters. The number of amides is 1. The quantitative estimate of drug-likeness (QED) is 0.761. The molecule has 1 saturated heterocycles. The van der Waals surface area contributed by atoms with Crippen LogP contribution in [0.5, 0.6) is 5.75 Å². The standard InChI is InChI=1S/C26H36N2O2/c1-20-18-27(4)21(2)17-26(20,24-9-7-6-8-10-24)15-16-28(22(3)29)19-23-11-13-25(30-5)14-12-23/h6-14,20-21H,15-19H2,1-5H3/p+1/t20-,21-,26-/m1/s1. The molecule has 1 unspecified atom stereocenters. The van der Waals surface area contributed by atoms with Crippen LogP contribution in [0.2, 0.25) is 0 Å². The van der Waals surface area contributed by atoms with Crippen LogP contribution >= 0.6 is 0 Å². The van der Waals surface area contributed by atoms with E-state index in [9.17, 15) is 4.79 Å². The summed E-state index contributed by atoms with van der Waals surface area (Å²) in [6.45, 7) is 9.01. The van der Waals surface area contributed by atoms with Gasteiger partial charge in [-0.05, 0) is 36.6 Å². The van der Waals surface area contributed by atoms with Gasteiger partial charge in [-0.2, -0.15) is 0 Å². The van der Waals surface area contributed by atoms with Crippen molar-refractivity contribution in [1.82, 2.24) is 4.90 Å². The molecule has 1 N–H and O–H groups in total. The monoisotopic (exact) mass is 409 g/mol. The smallest absolute Gasteiger partial charge is 0.219 e. The van der Waals surface area contributed by atoms with Crippen LogP contribution in [0.4, 0.5) is 0 Å². The van der Waals surface area contributed by atoms with Gasteiger partial charge in [-0.15, -0.1) is 0 Å². The number of piperidine rings is 1. The van der Waals surface area contributed by atoms with E-state index in [4.69, 9.17) is 4.74 Å². The van der Waals surface area contributed by atoms with Gasteiger partial charge in [-0.3, -0.25) is 4.79 Å². The molecule has 0 saturated carbocycles. The van der Waals surface area contributed by atoms with Crippen molar-refractivity contribution in [2.24, 2.45) is 5.92 Å². The Morgan fingerprint density at radius 3 is 2.40 bits per heavy atom. The molecule has 4 nitrogen and oxygen atoms in total. The maximum absolute atomic E-state index is 12.5. The molecule has 3 rings (SSSR count). The molecular weight excluding hydrogens is 372 g/mol. The number of hydrogen-bond acceptors (Lipinski definition) is 2.